The van der Waals surface area contributed by atoms with E-state index in [0.29, 0.717) is 12.2 Å². The van der Waals surface area contributed by atoms with E-state index in [1.54, 1.807) is 19.1 Å². The summed E-state index contributed by atoms with van der Waals surface area (Å²) >= 11 is 0. The van der Waals surface area contributed by atoms with Crippen molar-refractivity contribution < 1.29 is 14.2 Å². The molecule has 3 heteroatoms. The topological polar surface area (TPSA) is 29.5 Å². The van der Waals surface area contributed by atoms with Gasteiger partial charge in [-0.2, -0.15) is 0 Å². The average Bonchev–Trinajstić information content (AvgIpc) is 2.45. The third-order valence-electron chi connectivity index (χ3n) is 4.00. The Hall–Kier alpha value is -1.09. The fraction of sp³-hybridized carbons (Fsp3) is 0.667. The van der Waals surface area contributed by atoms with Gasteiger partial charge in [-0.3, -0.25) is 0 Å². The summed E-state index contributed by atoms with van der Waals surface area (Å²) in [5, 5.41) is 10.6. The number of halogens is 1. The molecule has 1 rings (SSSR count). The summed E-state index contributed by atoms with van der Waals surface area (Å²) in [5.74, 6) is 0.0187. The number of rotatable bonds is 10. The SMILES string of the molecule is CCCCCCCCCC(C)(O)c1c(F)cccc1OC. The molecular formula is C18H29FO2. The van der Waals surface area contributed by atoms with Crippen molar-refractivity contribution in [3.05, 3.63) is 29.6 Å². The summed E-state index contributed by atoms with van der Waals surface area (Å²) in [4.78, 5) is 0. The first-order valence-corrected chi connectivity index (χ1v) is 8.08. The molecule has 21 heavy (non-hydrogen) atoms. The van der Waals surface area contributed by atoms with Crippen molar-refractivity contribution in [2.45, 2.75) is 70.8 Å². The number of unbranched alkanes of at least 4 members (excludes halogenated alkanes) is 6. The Morgan fingerprint density at radius 3 is 2.33 bits per heavy atom. The van der Waals surface area contributed by atoms with Crippen LogP contribution in [0.1, 0.15) is 70.8 Å². The van der Waals surface area contributed by atoms with E-state index in [1.165, 1.54) is 45.3 Å². The molecule has 0 radical (unpaired) electrons. The maximum atomic E-state index is 14.0. The Labute approximate surface area is 128 Å². The van der Waals surface area contributed by atoms with Crippen LogP contribution in [0.3, 0.4) is 0 Å². The molecular weight excluding hydrogens is 267 g/mol. The lowest BCUT2D eigenvalue weighted by Gasteiger charge is -2.26. The van der Waals surface area contributed by atoms with Crippen molar-refractivity contribution in [3.8, 4) is 5.75 Å². The van der Waals surface area contributed by atoms with E-state index in [1.807, 2.05) is 0 Å². The highest BCUT2D eigenvalue weighted by molar-refractivity contribution is 5.38. The molecule has 120 valence electrons. The molecule has 0 bridgehead atoms. The Balaban J connectivity index is 2.50. The van der Waals surface area contributed by atoms with Gasteiger partial charge in [0.1, 0.15) is 11.6 Å². The zero-order valence-electron chi connectivity index (χ0n) is 13.6. The van der Waals surface area contributed by atoms with E-state index in [9.17, 15) is 9.50 Å². The third-order valence-corrected chi connectivity index (χ3v) is 4.00. The van der Waals surface area contributed by atoms with Gasteiger partial charge in [0.05, 0.1) is 18.3 Å². The van der Waals surface area contributed by atoms with Crippen LogP contribution in [0.4, 0.5) is 4.39 Å². The van der Waals surface area contributed by atoms with Crippen molar-refractivity contribution in [1.82, 2.24) is 0 Å². The van der Waals surface area contributed by atoms with Gasteiger partial charge < -0.3 is 9.84 Å². The van der Waals surface area contributed by atoms with Gasteiger partial charge in [0, 0.05) is 0 Å². The fourth-order valence-corrected chi connectivity index (χ4v) is 2.75. The predicted molar refractivity (Wildman–Crippen MR) is 85.1 cm³/mol. The number of aliphatic hydroxyl groups is 1. The van der Waals surface area contributed by atoms with Crippen LogP contribution in [0.5, 0.6) is 5.75 Å². The van der Waals surface area contributed by atoms with Gasteiger partial charge >= 0.3 is 0 Å². The molecule has 1 aromatic rings. The molecule has 2 nitrogen and oxygen atoms in total. The molecule has 0 heterocycles. The normalized spacial score (nSPS) is 14.0. The minimum Gasteiger partial charge on any atom is -0.496 e. The molecule has 0 aliphatic heterocycles. The zero-order chi connectivity index (χ0) is 15.7. The Bertz CT molecular complexity index is 416. The van der Waals surface area contributed by atoms with E-state index in [2.05, 4.69) is 6.92 Å². The number of ether oxygens (including phenoxy) is 1. The lowest BCUT2D eigenvalue weighted by atomic mass is 9.89. The van der Waals surface area contributed by atoms with Crippen LogP contribution in [0.15, 0.2) is 18.2 Å². The van der Waals surface area contributed by atoms with Gasteiger partial charge in [-0.25, -0.2) is 4.39 Å². The molecule has 0 aliphatic rings. The lowest BCUT2D eigenvalue weighted by Crippen LogP contribution is -2.23. The van der Waals surface area contributed by atoms with Crippen molar-refractivity contribution in [2.75, 3.05) is 7.11 Å². The molecule has 0 saturated carbocycles. The zero-order valence-corrected chi connectivity index (χ0v) is 13.6. The smallest absolute Gasteiger partial charge is 0.133 e. The van der Waals surface area contributed by atoms with Crippen LogP contribution in [0.25, 0.3) is 0 Å². The first-order chi connectivity index (χ1) is 10.0. The van der Waals surface area contributed by atoms with Gasteiger partial charge in [0.25, 0.3) is 0 Å². The summed E-state index contributed by atoms with van der Waals surface area (Å²) < 4.78 is 19.2. The van der Waals surface area contributed by atoms with Crippen LogP contribution in [0, 0.1) is 5.82 Å². The maximum absolute atomic E-state index is 14.0. The average molecular weight is 296 g/mol. The second kappa shape index (κ2) is 9.04. The number of benzene rings is 1. The third kappa shape index (κ3) is 5.66. The standard InChI is InChI=1S/C18H29FO2/c1-4-5-6-7-8-9-10-14-18(2,20)17-15(19)12-11-13-16(17)21-3/h11-13,20H,4-10,14H2,1-3H3. The molecule has 0 saturated heterocycles. The summed E-state index contributed by atoms with van der Waals surface area (Å²) in [6.45, 7) is 3.88. The molecule has 1 aromatic carbocycles. The number of hydrogen-bond acceptors (Lipinski definition) is 2. The van der Waals surface area contributed by atoms with Gasteiger partial charge in [-0.1, -0.05) is 57.9 Å². The van der Waals surface area contributed by atoms with E-state index in [0.717, 1.165) is 12.8 Å². The van der Waals surface area contributed by atoms with Crippen LogP contribution in [-0.2, 0) is 5.60 Å². The first kappa shape index (κ1) is 18.0. The van der Waals surface area contributed by atoms with Gasteiger partial charge in [-0.05, 0) is 25.5 Å². The fourth-order valence-electron chi connectivity index (χ4n) is 2.75. The predicted octanol–water partition coefficient (Wildman–Crippen LogP) is 5.18. The first-order valence-electron chi connectivity index (χ1n) is 8.08. The van der Waals surface area contributed by atoms with Crippen molar-refractivity contribution in [3.63, 3.8) is 0 Å². The second-order valence-corrected chi connectivity index (χ2v) is 5.96. The second-order valence-electron chi connectivity index (χ2n) is 5.96. The summed E-state index contributed by atoms with van der Waals surface area (Å²) in [5.41, 5.74) is -0.904. The molecule has 1 unspecified atom stereocenters. The molecule has 0 fully saturated rings. The van der Waals surface area contributed by atoms with Crippen LogP contribution < -0.4 is 4.74 Å². The number of methoxy groups -OCH3 is 1. The van der Waals surface area contributed by atoms with Gasteiger partial charge in [-0.15, -0.1) is 0 Å². The summed E-state index contributed by atoms with van der Waals surface area (Å²) in [7, 11) is 1.50. The minimum absolute atomic E-state index is 0.276. The van der Waals surface area contributed by atoms with E-state index in [-0.39, 0.29) is 5.56 Å². The van der Waals surface area contributed by atoms with Crippen LogP contribution >= 0.6 is 0 Å². The minimum atomic E-state index is -1.18. The monoisotopic (exact) mass is 296 g/mol. The Kier molecular flexibility index (Phi) is 7.73. The highest BCUT2D eigenvalue weighted by Gasteiger charge is 2.29. The summed E-state index contributed by atoms with van der Waals surface area (Å²) in [6.07, 6.45) is 8.80. The highest BCUT2D eigenvalue weighted by Crippen LogP contribution is 2.35. The van der Waals surface area contributed by atoms with E-state index < -0.39 is 11.4 Å². The van der Waals surface area contributed by atoms with E-state index >= 15 is 0 Å². The molecule has 0 amide bonds. The molecule has 1 atom stereocenters. The van der Waals surface area contributed by atoms with Crippen molar-refractivity contribution in [2.24, 2.45) is 0 Å². The molecule has 0 aromatic heterocycles. The largest absolute Gasteiger partial charge is 0.496 e. The Morgan fingerprint density at radius 1 is 1.10 bits per heavy atom. The lowest BCUT2D eigenvalue weighted by molar-refractivity contribution is 0.0386. The highest BCUT2D eigenvalue weighted by atomic mass is 19.1. The number of hydrogen-bond donors (Lipinski definition) is 1. The van der Waals surface area contributed by atoms with Crippen LogP contribution in [0.2, 0.25) is 0 Å². The van der Waals surface area contributed by atoms with Gasteiger partial charge in [0.2, 0.25) is 0 Å². The van der Waals surface area contributed by atoms with Crippen molar-refractivity contribution >= 4 is 0 Å². The summed E-state index contributed by atoms with van der Waals surface area (Å²) in [6, 6.07) is 4.66. The van der Waals surface area contributed by atoms with Gasteiger partial charge in [0.15, 0.2) is 0 Å². The van der Waals surface area contributed by atoms with Crippen molar-refractivity contribution in [1.29, 1.82) is 0 Å². The quantitative estimate of drug-likeness (QED) is 0.603. The Morgan fingerprint density at radius 2 is 1.71 bits per heavy atom. The van der Waals surface area contributed by atoms with E-state index in [4.69, 9.17) is 4.74 Å². The molecule has 0 aliphatic carbocycles. The molecule has 0 spiro atoms. The maximum Gasteiger partial charge on any atom is 0.133 e. The van der Waals surface area contributed by atoms with Crippen LogP contribution in [-0.4, -0.2) is 12.2 Å². The molecule has 1 N–H and O–H groups in total.